The second-order valence-corrected chi connectivity index (χ2v) is 14.5. The van der Waals surface area contributed by atoms with Gasteiger partial charge in [-0.1, -0.05) is 85.1 Å². The van der Waals surface area contributed by atoms with Crippen molar-refractivity contribution in [2.24, 2.45) is 0 Å². The number of nitriles is 1. The van der Waals surface area contributed by atoms with Gasteiger partial charge in [0.05, 0.1) is 38.0 Å². The summed E-state index contributed by atoms with van der Waals surface area (Å²) in [4.78, 5) is 19.6. The van der Waals surface area contributed by atoms with E-state index in [1.807, 2.05) is 78.7 Å². The van der Waals surface area contributed by atoms with Crippen molar-refractivity contribution in [2.75, 3.05) is 39.5 Å². The summed E-state index contributed by atoms with van der Waals surface area (Å²) >= 11 is 12.8. The largest absolute Gasteiger partial charge is 0.341 e. The van der Waals surface area contributed by atoms with Crippen LogP contribution in [0.4, 0.5) is 0 Å². The first kappa shape index (κ1) is 34.1. The molecule has 4 aromatic carbocycles. The number of rotatable bonds is 11. The summed E-state index contributed by atoms with van der Waals surface area (Å²) in [6.45, 7) is 5.38. The number of fused-ring (bicyclic) bond motifs is 1. The summed E-state index contributed by atoms with van der Waals surface area (Å²) in [7, 11) is 0.854. The van der Waals surface area contributed by atoms with Crippen molar-refractivity contribution < 1.29 is 9.00 Å². The molecule has 1 amide bonds. The number of hydrogen-bond donors (Lipinski definition) is 0. The summed E-state index contributed by atoms with van der Waals surface area (Å²) in [6.07, 6.45) is 6.14. The predicted molar refractivity (Wildman–Crippen MR) is 191 cm³/mol. The van der Waals surface area contributed by atoms with Crippen molar-refractivity contribution in [2.45, 2.75) is 55.8 Å². The van der Waals surface area contributed by atoms with Crippen LogP contribution in [0.2, 0.25) is 10.0 Å². The zero-order chi connectivity index (χ0) is 32.8. The molecule has 5 rings (SSSR count). The maximum Gasteiger partial charge on any atom is 0.254 e. The van der Waals surface area contributed by atoms with Crippen LogP contribution < -0.4 is 0 Å². The predicted octanol–water partition coefficient (Wildman–Crippen LogP) is 8.83. The number of hydrogen-bond acceptors (Lipinski definition) is 4. The van der Waals surface area contributed by atoms with Crippen LogP contribution in [-0.2, 0) is 17.2 Å². The van der Waals surface area contributed by atoms with E-state index in [2.05, 4.69) is 24.0 Å². The Labute approximate surface area is 285 Å². The molecule has 1 saturated heterocycles. The van der Waals surface area contributed by atoms with Crippen LogP contribution in [0.3, 0.4) is 0 Å². The molecule has 1 aliphatic heterocycles. The number of halogens is 2. The lowest BCUT2D eigenvalue weighted by Crippen LogP contribution is -2.36. The molecule has 1 aliphatic rings. The lowest BCUT2D eigenvalue weighted by Gasteiger charge is -2.34. The van der Waals surface area contributed by atoms with E-state index in [-0.39, 0.29) is 11.8 Å². The Kier molecular flexibility index (Phi) is 11.6. The standard InChI is InChI=1S/C38H41Cl2N3O2S/c1-4-9-32-30(24-41)22-28-10-5-6-12-33(28)37(32)38(44)42(2)25-29(27-14-15-34(39)35(40)23-27)18-21-43-19-16-26(17-20-43)31-11-7-8-13-36(31)46(3)45/h5-8,10-15,22-23,26,29H,4,9,16-21,25H2,1-3H3/t29-,46+/m1/s1. The van der Waals surface area contributed by atoms with Crippen LogP contribution in [-0.4, -0.2) is 59.4 Å². The van der Waals surface area contributed by atoms with Crippen LogP contribution in [0.5, 0.6) is 0 Å². The fourth-order valence-corrected chi connectivity index (χ4v) is 8.01. The number of likely N-dealkylation sites (tertiary alicyclic amines) is 1. The van der Waals surface area contributed by atoms with Crippen LogP contribution in [0, 0.1) is 11.3 Å². The molecule has 0 bridgehead atoms. The van der Waals surface area contributed by atoms with Gasteiger partial charge in [0.25, 0.3) is 5.91 Å². The molecule has 5 nitrogen and oxygen atoms in total. The Balaban J connectivity index is 1.36. The summed E-state index contributed by atoms with van der Waals surface area (Å²) in [5.41, 5.74) is 4.28. The summed E-state index contributed by atoms with van der Waals surface area (Å²) in [5, 5.41) is 12.8. The molecule has 0 radical (unpaired) electrons. The van der Waals surface area contributed by atoms with Gasteiger partial charge in [-0.15, -0.1) is 0 Å². The number of carbonyl (C=O) groups is 1. The SMILES string of the molecule is CCCc1c(C#N)cc2ccccc2c1C(=O)N(C)C[C@@H](CCN1CCC(c2ccccc2[S@](C)=O)CC1)c1ccc(Cl)c(Cl)c1. The lowest BCUT2D eigenvalue weighted by atomic mass is 9.88. The highest BCUT2D eigenvalue weighted by molar-refractivity contribution is 7.84. The fourth-order valence-electron chi connectivity index (χ4n) is 6.86. The quantitative estimate of drug-likeness (QED) is 0.160. The maximum atomic E-state index is 14.3. The Hall–Kier alpha value is -3.21. The van der Waals surface area contributed by atoms with Gasteiger partial charge in [-0.2, -0.15) is 5.26 Å². The molecule has 0 unspecified atom stereocenters. The highest BCUT2D eigenvalue weighted by Gasteiger charge is 2.27. The second-order valence-electron chi connectivity index (χ2n) is 12.3. The molecular weight excluding hydrogens is 633 g/mol. The first-order chi connectivity index (χ1) is 22.2. The Morgan fingerprint density at radius 3 is 2.46 bits per heavy atom. The third-order valence-electron chi connectivity index (χ3n) is 9.30. The number of nitrogens with zero attached hydrogens (tertiary/aromatic N) is 3. The Morgan fingerprint density at radius 2 is 1.76 bits per heavy atom. The van der Waals surface area contributed by atoms with Gasteiger partial charge in [0.15, 0.2) is 0 Å². The van der Waals surface area contributed by atoms with Gasteiger partial charge in [-0.3, -0.25) is 9.00 Å². The molecule has 2 atom stereocenters. The zero-order valence-electron chi connectivity index (χ0n) is 26.8. The molecule has 0 aromatic heterocycles. The number of amides is 1. The lowest BCUT2D eigenvalue weighted by molar-refractivity contribution is 0.0782. The highest BCUT2D eigenvalue weighted by Crippen LogP contribution is 2.34. The fraction of sp³-hybridized carbons (Fsp3) is 0.368. The highest BCUT2D eigenvalue weighted by atomic mass is 35.5. The van der Waals surface area contributed by atoms with Gasteiger partial charge >= 0.3 is 0 Å². The third kappa shape index (κ3) is 7.66. The molecule has 0 N–H and O–H groups in total. The van der Waals surface area contributed by atoms with E-state index >= 15 is 0 Å². The number of carbonyl (C=O) groups excluding carboxylic acids is 1. The molecule has 0 aliphatic carbocycles. The molecule has 0 saturated carbocycles. The summed E-state index contributed by atoms with van der Waals surface area (Å²) in [6, 6.07) is 26.0. The first-order valence-electron chi connectivity index (χ1n) is 16.0. The van der Waals surface area contributed by atoms with Gasteiger partial charge in [0, 0.05) is 30.7 Å². The van der Waals surface area contributed by atoms with Crippen LogP contribution in [0.25, 0.3) is 10.8 Å². The molecule has 8 heteroatoms. The summed E-state index contributed by atoms with van der Waals surface area (Å²) < 4.78 is 12.3. The second kappa shape index (κ2) is 15.6. The van der Waals surface area contributed by atoms with Crippen molar-refractivity contribution in [1.82, 2.24) is 9.80 Å². The van der Waals surface area contributed by atoms with Crippen molar-refractivity contribution >= 4 is 50.7 Å². The third-order valence-corrected chi connectivity index (χ3v) is 11.0. The number of benzene rings is 4. The minimum Gasteiger partial charge on any atom is -0.341 e. The number of likely N-dealkylation sites (N-methyl/N-ethyl adjacent to an activating group) is 1. The van der Waals surface area contributed by atoms with E-state index in [4.69, 9.17) is 23.2 Å². The average molecular weight is 675 g/mol. The molecule has 1 heterocycles. The van der Waals surface area contributed by atoms with Crippen LogP contribution in [0.1, 0.15) is 77.1 Å². The monoisotopic (exact) mass is 673 g/mol. The van der Waals surface area contributed by atoms with E-state index in [0.717, 1.165) is 72.1 Å². The van der Waals surface area contributed by atoms with Gasteiger partial charge in [-0.05, 0) is 103 Å². The van der Waals surface area contributed by atoms with Crippen molar-refractivity contribution in [3.8, 4) is 6.07 Å². The minimum absolute atomic E-state index is 0.0321. The molecule has 240 valence electrons. The van der Waals surface area contributed by atoms with Crippen LogP contribution in [0.15, 0.2) is 77.7 Å². The molecule has 46 heavy (non-hydrogen) atoms. The van der Waals surface area contributed by atoms with E-state index in [1.54, 1.807) is 6.26 Å². The van der Waals surface area contributed by atoms with Gasteiger partial charge in [0.2, 0.25) is 0 Å². The molecular formula is C38H41Cl2N3O2S. The Bertz CT molecular complexity index is 1780. The topological polar surface area (TPSA) is 64.4 Å². The van der Waals surface area contributed by atoms with E-state index in [1.165, 1.54) is 5.56 Å². The van der Waals surface area contributed by atoms with Gasteiger partial charge < -0.3 is 9.80 Å². The molecule has 1 fully saturated rings. The minimum atomic E-state index is -1.00. The van der Waals surface area contributed by atoms with Gasteiger partial charge in [0.1, 0.15) is 0 Å². The zero-order valence-corrected chi connectivity index (χ0v) is 29.1. The number of piperidine rings is 1. The normalized spacial score (nSPS) is 15.4. The maximum absolute atomic E-state index is 14.3. The smallest absolute Gasteiger partial charge is 0.254 e. The molecule has 0 spiro atoms. The van der Waals surface area contributed by atoms with Gasteiger partial charge in [-0.25, -0.2) is 0 Å². The Morgan fingerprint density at radius 1 is 1.04 bits per heavy atom. The van der Waals surface area contributed by atoms with Crippen LogP contribution >= 0.6 is 23.2 Å². The van der Waals surface area contributed by atoms with Crippen molar-refractivity contribution in [3.63, 3.8) is 0 Å². The van der Waals surface area contributed by atoms with E-state index < -0.39 is 10.8 Å². The van der Waals surface area contributed by atoms with E-state index in [0.29, 0.717) is 40.1 Å². The average Bonchev–Trinajstić information content (AvgIpc) is 3.07. The first-order valence-corrected chi connectivity index (χ1v) is 18.3. The van der Waals surface area contributed by atoms with Crippen molar-refractivity contribution in [1.29, 1.82) is 5.26 Å². The van der Waals surface area contributed by atoms with E-state index in [9.17, 15) is 14.3 Å². The molecule has 4 aromatic rings. The van der Waals surface area contributed by atoms with Crippen molar-refractivity contribution in [3.05, 3.63) is 111 Å². The summed E-state index contributed by atoms with van der Waals surface area (Å²) in [5.74, 6) is 0.363.